The second-order valence-electron chi connectivity index (χ2n) is 3.90. The predicted octanol–water partition coefficient (Wildman–Crippen LogP) is 1.51. The third kappa shape index (κ3) is 2.82. The standard InChI is InChI=1S/C12H12N2O5/c1-6-10(18-7(2)14-6)11(15)13-5-8-3-4-9(19-8)12(16)17/h3-4H,5H2,1-2H3,(H,13,15)(H,16,17). The van der Waals surface area contributed by atoms with Crippen LogP contribution in [0.25, 0.3) is 0 Å². The number of aromatic nitrogens is 1. The van der Waals surface area contributed by atoms with Gasteiger partial charge in [0.1, 0.15) is 5.76 Å². The van der Waals surface area contributed by atoms with Crippen molar-refractivity contribution in [2.24, 2.45) is 0 Å². The number of carbonyl (C=O) groups excluding carboxylic acids is 1. The third-order valence-corrected chi connectivity index (χ3v) is 2.41. The molecule has 0 radical (unpaired) electrons. The fourth-order valence-corrected chi connectivity index (χ4v) is 1.58. The lowest BCUT2D eigenvalue weighted by Gasteiger charge is -2.00. The highest BCUT2D eigenvalue weighted by molar-refractivity contribution is 5.92. The zero-order valence-electron chi connectivity index (χ0n) is 10.4. The van der Waals surface area contributed by atoms with Crippen molar-refractivity contribution in [1.82, 2.24) is 10.3 Å². The lowest BCUT2D eigenvalue weighted by atomic mass is 10.3. The summed E-state index contributed by atoms with van der Waals surface area (Å²) >= 11 is 0. The Labute approximate surface area is 108 Å². The molecule has 2 aromatic heterocycles. The number of hydrogen-bond acceptors (Lipinski definition) is 5. The molecule has 100 valence electrons. The Hall–Kier alpha value is -2.57. The van der Waals surface area contributed by atoms with E-state index in [-0.39, 0.29) is 18.1 Å². The van der Waals surface area contributed by atoms with Gasteiger partial charge in [-0.25, -0.2) is 9.78 Å². The van der Waals surface area contributed by atoms with Crippen molar-refractivity contribution in [3.63, 3.8) is 0 Å². The Morgan fingerprint density at radius 3 is 2.58 bits per heavy atom. The second kappa shape index (κ2) is 4.97. The Bertz CT molecular complexity index is 626. The van der Waals surface area contributed by atoms with Gasteiger partial charge in [-0.2, -0.15) is 0 Å². The molecule has 0 aliphatic heterocycles. The van der Waals surface area contributed by atoms with Crippen LogP contribution in [0.5, 0.6) is 0 Å². The van der Waals surface area contributed by atoms with Crippen molar-refractivity contribution in [1.29, 1.82) is 0 Å². The number of oxazole rings is 1. The van der Waals surface area contributed by atoms with Crippen molar-refractivity contribution in [2.75, 3.05) is 0 Å². The molecule has 0 aromatic carbocycles. The van der Waals surface area contributed by atoms with E-state index in [4.69, 9.17) is 13.9 Å². The smallest absolute Gasteiger partial charge is 0.371 e. The van der Waals surface area contributed by atoms with Gasteiger partial charge in [0.05, 0.1) is 12.2 Å². The molecule has 0 aliphatic carbocycles. The van der Waals surface area contributed by atoms with E-state index in [1.807, 2.05) is 0 Å². The van der Waals surface area contributed by atoms with E-state index in [1.165, 1.54) is 12.1 Å². The summed E-state index contributed by atoms with van der Waals surface area (Å²) in [5.74, 6) is -0.849. The number of aromatic carboxylic acids is 1. The number of hydrogen-bond donors (Lipinski definition) is 2. The van der Waals surface area contributed by atoms with E-state index in [0.717, 1.165) is 0 Å². The number of carboxylic acid groups (broad SMARTS) is 1. The van der Waals surface area contributed by atoms with Crippen molar-refractivity contribution in [3.8, 4) is 0 Å². The lowest BCUT2D eigenvalue weighted by molar-refractivity contribution is 0.0660. The van der Waals surface area contributed by atoms with Gasteiger partial charge in [0, 0.05) is 6.92 Å². The molecule has 2 rings (SSSR count). The minimum absolute atomic E-state index is 0.0747. The lowest BCUT2D eigenvalue weighted by Crippen LogP contribution is -2.22. The van der Waals surface area contributed by atoms with E-state index < -0.39 is 11.9 Å². The second-order valence-corrected chi connectivity index (χ2v) is 3.90. The molecule has 2 N–H and O–H groups in total. The highest BCUT2D eigenvalue weighted by atomic mass is 16.4. The molecule has 0 unspecified atom stereocenters. The number of carbonyl (C=O) groups is 2. The molecule has 0 aliphatic rings. The minimum Gasteiger partial charge on any atom is -0.475 e. The zero-order chi connectivity index (χ0) is 14.0. The molecule has 1 amide bonds. The van der Waals surface area contributed by atoms with Crippen LogP contribution >= 0.6 is 0 Å². The number of furan rings is 1. The van der Waals surface area contributed by atoms with Crippen LogP contribution < -0.4 is 5.32 Å². The first-order chi connectivity index (χ1) is 8.97. The van der Waals surface area contributed by atoms with Gasteiger partial charge in [0.15, 0.2) is 5.89 Å². The molecule has 0 saturated carbocycles. The molecule has 7 heteroatoms. The molecule has 19 heavy (non-hydrogen) atoms. The van der Waals surface area contributed by atoms with Crippen molar-refractivity contribution in [3.05, 3.63) is 41.0 Å². The Kier molecular flexibility index (Phi) is 3.37. The summed E-state index contributed by atoms with van der Waals surface area (Å²) in [6, 6.07) is 2.82. The van der Waals surface area contributed by atoms with Crippen molar-refractivity contribution >= 4 is 11.9 Å². The van der Waals surface area contributed by atoms with E-state index >= 15 is 0 Å². The van der Waals surface area contributed by atoms with Gasteiger partial charge < -0.3 is 19.3 Å². The Morgan fingerprint density at radius 2 is 2.05 bits per heavy atom. The average molecular weight is 264 g/mol. The molecular formula is C12H12N2O5. The maximum Gasteiger partial charge on any atom is 0.371 e. The van der Waals surface area contributed by atoms with Gasteiger partial charge >= 0.3 is 5.97 Å². The van der Waals surface area contributed by atoms with Gasteiger partial charge in [-0.15, -0.1) is 0 Å². The first kappa shape index (κ1) is 12.9. The van der Waals surface area contributed by atoms with E-state index in [2.05, 4.69) is 10.3 Å². The van der Waals surface area contributed by atoms with E-state index in [0.29, 0.717) is 17.3 Å². The largest absolute Gasteiger partial charge is 0.475 e. The SMILES string of the molecule is Cc1nc(C)c(C(=O)NCc2ccc(C(=O)O)o2)o1. The minimum atomic E-state index is -1.15. The molecule has 0 saturated heterocycles. The summed E-state index contributed by atoms with van der Waals surface area (Å²) in [7, 11) is 0. The van der Waals surface area contributed by atoms with Crippen LogP contribution in [0.2, 0.25) is 0 Å². The number of amides is 1. The van der Waals surface area contributed by atoms with Gasteiger partial charge in [-0.3, -0.25) is 4.79 Å². The molecular weight excluding hydrogens is 252 g/mol. The molecule has 2 aromatic rings. The fourth-order valence-electron chi connectivity index (χ4n) is 1.58. The quantitative estimate of drug-likeness (QED) is 0.867. The van der Waals surface area contributed by atoms with Gasteiger partial charge in [0.25, 0.3) is 5.91 Å². The first-order valence-corrected chi connectivity index (χ1v) is 5.51. The number of rotatable bonds is 4. The number of aryl methyl sites for hydroxylation is 2. The van der Waals surface area contributed by atoms with Crippen LogP contribution in [-0.4, -0.2) is 22.0 Å². The molecule has 7 nitrogen and oxygen atoms in total. The topological polar surface area (TPSA) is 106 Å². The van der Waals surface area contributed by atoms with Gasteiger partial charge in [0.2, 0.25) is 11.5 Å². The van der Waals surface area contributed by atoms with Crippen LogP contribution in [0.15, 0.2) is 21.0 Å². The highest BCUT2D eigenvalue weighted by Gasteiger charge is 2.16. The van der Waals surface area contributed by atoms with Gasteiger partial charge in [-0.1, -0.05) is 0 Å². The van der Waals surface area contributed by atoms with Crippen LogP contribution in [0, 0.1) is 13.8 Å². The van der Waals surface area contributed by atoms with Crippen molar-refractivity contribution in [2.45, 2.75) is 20.4 Å². The highest BCUT2D eigenvalue weighted by Crippen LogP contribution is 2.11. The summed E-state index contributed by atoms with van der Waals surface area (Å²) in [4.78, 5) is 26.4. The summed E-state index contributed by atoms with van der Waals surface area (Å²) in [5, 5.41) is 11.3. The molecule has 0 fully saturated rings. The summed E-state index contributed by atoms with van der Waals surface area (Å²) in [6.45, 7) is 3.39. The van der Waals surface area contributed by atoms with Crippen LogP contribution in [0.4, 0.5) is 0 Å². The normalized spacial score (nSPS) is 10.4. The number of carboxylic acids is 1. The predicted molar refractivity (Wildman–Crippen MR) is 62.8 cm³/mol. The van der Waals surface area contributed by atoms with Gasteiger partial charge in [-0.05, 0) is 19.1 Å². The van der Waals surface area contributed by atoms with Crippen LogP contribution in [0.3, 0.4) is 0 Å². The van der Waals surface area contributed by atoms with Crippen LogP contribution in [-0.2, 0) is 6.54 Å². The van der Waals surface area contributed by atoms with Crippen molar-refractivity contribution < 1.29 is 23.5 Å². The fraction of sp³-hybridized carbons (Fsp3) is 0.250. The van der Waals surface area contributed by atoms with E-state index in [1.54, 1.807) is 13.8 Å². The van der Waals surface area contributed by atoms with E-state index in [9.17, 15) is 9.59 Å². The monoisotopic (exact) mass is 264 g/mol. The molecule has 0 bridgehead atoms. The Morgan fingerprint density at radius 1 is 1.32 bits per heavy atom. The third-order valence-electron chi connectivity index (χ3n) is 2.41. The molecule has 0 spiro atoms. The maximum absolute atomic E-state index is 11.8. The first-order valence-electron chi connectivity index (χ1n) is 5.51. The number of nitrogens with one attached hydrogen (secondary N) is 1. The summed E-state index contributed by atoms with van der Waals surface area (Å²) < 4.78 is 10.2. The average Bonchev–Trinajstić information content (AvgIpc) is 2.93. The Balaban J connectivity index is 2.00. The summed E-state index contributed by atoms with van der Waals surface area (Å²) in [5.41, 5.74) is 0.501. The van der Waals surface area contributed by atoms with Crippen LogP contribution in [0.1, 0.15) is 38.5 Å². The maximum atomic E-state index is 11.8. The molecule has 0 atom stereocenters. The molecule has 2 heterocycles. The zero-order valence-corrected chi connectivity index (χ0v) is 10.4. The number of nitrogens with zero attached hydrogens (tertiary/aromatic N) is 1. The summed E-state index contributed by atoms with van der Waals surface area (Å²) in [6.07, 6.45) is 0.